The van der Waals surface area contributed by atoms with Gasteiger partial charge in [0.15, 0.2) is 5.13 Å². The summed E-state index contributed by atoms with van der Waals surface area (Å²) >= 11 is 1.28. The van der Waals surface area contributed by atoms with Crippen LogP contribution in [0.2, 0.25) is 0 Å². The number of methoxy groups -OCH3 is 1. The van der Waals surface area contributed by atoms with Crippen molar-refractivity contribution in [3.63, 3.8) is 0 Å². The van der Waals surface area contributed by atoms with E-state index < -0.39 is 16.0 Å². The normalized spacial score (nSPS) is 14.7. The molecule has 1 saturated heterocycles. The average molecular weight is 484 g/mol. The smallest absolute Gasteiger partial charge is 0.338 e. The number of ether oxygens (including phenoxy) is 3. The van der Waals surface area contributed by atoms with E-state index >= 15 is 0 Å². The first-order valence-corrected chi connectivity index (χ1v) is 12.3. The zero-order valence-corrected chi connectivity index (χ0v) is 19.7. The van der Waals surface area contributed by atoms with Gasteiger partial charge in [-0.15, -0.1) is 11.3 Å². The van der Waals surface area contributed by atoms with Crippen molar-refractivity contribution in [2.24, 2.45) is 0 Å². The van der Waals surface area contributed by atoms with E-state index in [-0.39, 0.29) is 41.8 Å². The van der Waals surface area contributed by atoms with E-state index in [2.05, 4.69) is 4.98 Å². The minimum atomic E-state index is -3.87. The van der Waals surface area contributed by atoms with Crippen LogP contribution in [-0.2, 0) is 30.9 Å². The van der Waals surface area contributed by atoms with Gasteiger partial charge in [0.2, 0.25) is 15.9 Å². The molecule has 1 aliphatic rings. The van der Waals surface area contributed by atoms with Gasteiger partial charge in [-0.3, -0.25) is 9.69 Å². The van der Waals surface area contributed by atoms with Crippen LogP contribution < -0.4 is 9.64 Å². The Morgan fingerprint density at radius 3 is 2.62 bits per heavy atom. The van der Waals surface area contributed by atoms with Crippen LogP contribution in [0.3, 0.4) is 0 Å². The number of carbonyl (C=O) groups is 2. The van der Waals surface area contributed by atoms with E-state index in [4.69, 9.17) is 14.2 Å². The molecule has 0 spiro atoms. The van der Waals surface area contributed by atoms with Crippen LogP contribution in [0.25, 0.3) is 0 Å². The van der Waals surface area contributed by atoms with Crippen molar-refractivity contribution in [1.82, 2.24) is 9.29 Å². The lowest BCUT2D eigenvalue weighted by Crippen LogP contribution is -2.40. The maximum Gasteiger partial charge on any atom is 0.338 e. The highest BCUT2D eigenvalue weighted by Crippen LogP contribution is 2.29. The molecule has 1 fully saturated rings. The van der Waals surface area contributed by atoms with Gasteiger partial charge in [0.1, 0.15) is 17.3 Å². The molecular weight excluding hydrogens is 458 g/mol. The Hall–Kier alpha value is -2.54. The third-order valence-electron chi connectivity index (χ3n) is 4.81. The number of thiazole rings is 1. The number of amides is 1. The Morgan fingerprint density at radius 2 is 2.00 bits per heavy atom. The third-order valence-corrected chi connectivity index (χ3v) is 7.64. The molecule has 12 heteroatoms. The number of rotatable bonds is 8. The van der Waals surface area contributed by atoms with Gasteiger partial charge < -0.3 is 14.2 Å². The fourth-order valence-electron chi connectivity index (χ4n) is 3.13. The van der Waals surface area contributed by atoms with E-state index in [1.807, 2.05) is 6.92 Å². The van der Waals surface area contributed by atoms with Gasteiger partial charge in [-0.2, -0.15) is 4.31 Å². The molecule has 1 aromatic heterocycles. The predicted octanol–water partition coefficient (Wildman–Crippen LogP) is 1.90. The number of benzene rings is 1. The molecular formula is C20H25N3O7S2. The van der Waals surface area contributed by atoms with Crippen molar-refractivity contribution in [1.29, 1.82) is 0 Å². The lowest BCUT2D eigenvalue weighted by molar-refractivity contribution is -0.116. The van der Waals surface area contributed by atoms with E-state index in [9.17, 15) is 18.0 Å². The van der Waals surface area contributed by atoms with Gasteiger partial charge in [0, 0.05) is 31.9 Å². The number of anilines is 1. The SMILES string of the molecule is CCN(C(C)=O)c1nc(COC(=O)c2ccc(OC)c(S(=O)(=O)N3CCOCC3)c2)cs1. The minimum absolute atomic E-state index is 0.0759. The lowest BCUT2D eigenvalue weighted by Gasteiger charge is -2.26. The number of hydrogen-bond acceptors (Lipinski definition) is 9. The van der Waals surface area contributed by atoms with Crippen LogP contribution in [0, 0.1) is 0 Å². The van der Waals surface area contributed by atoms with Crippen molar-refractivity contribution in [3.8, 4) is 5.75 Å². The fourth-order valence-corrected chi connectivity index (χ4v) is 5.64. The van der Waals surface area contributed by atoms with E-state index in [0.717, 1.165) is 0 Å². The Morgan fingerprint density at radius 1 is 1.28 bits per heavy atom. The molecule has 0 saturated carbocycles. The summed E-state index contributed by atoms with van der Waals surface area (Å²) in [6, 6.07) is 4.13. The molecule has 2 aromatic rings. The van der Waals surface area contributed by atoms with Gasteiger partial charge in [0.05, 0.1) is 31.6 Å². The minimum Gasteiger partial charge on any atom is -0.495 e. The number of aromatic nitrogens is 1. The summed E-state index contributed by atoms with van der Waals surface area (Å²) in [7, 11) is -2.51. The van der Waals surface area contributed by atoms with Gasteiger partial charge in [-0.05, 0) is 25.1 Å². The highest BCUT2D eigenvalue weighted by atomic mass is 32.2. The summed E-state index contributed by atoms with van der Waals surface area (Å²) < 4.78 is 43.2. The van der Waals surface area contributed by atoms with Crippen LogP contribution >= 0.6 is 11.3 Å². The number of hydrogen-bond donors (Lipinski definition) is 0. The Bertz CT molecular complexity index is 1080. The molecule has 0 unspecified atom stereocenters. The molecule has 174 valence electrons. The number of nitrogens with zero attached hydrogens (tertiary/aromatic N) is 3. The second-order valence-electron chi connectivity index (χ2n) is 6.84. The van der Waals surface area contributed by atoms with Crippen LogP contribution in [-0.4, -0.2) is 69.5 Å². The highest BCUT2D eigenvalue weighted by molar-refractivity contribution is 7.89. The maximum absolute atomic E-state index is 13.1. The van der Waals surface area contributed by atoms with Gasteiger partial charge in [-0.25, -0.2) is 18.2 Å². The predicted molar refractivity (Wildman–Crippen MR) is 118 cm³/mol. The summed E-state index contributed by atoms with van der Waals surface area (Å²) in [5.41, 5.74) is 0.569. The molecule has 0 N–H and O–H groups in total. The number of morpholine rings is 1. The molecule has 1 aromatic carbocycles. The lowest BCUT2D eigenvalue weighted by atomic mass is 10.2. The first-order chi connectivity index (χ1) is 15.3. The molecule has 1 amide bonds. The zero-order chi connectivity index (χ0) is 23.3. The van der Waals surface area contributed by atoms with E-state index in [1.54, 1.807) is 5.38 Å². The molecule has 32 heavy (non-hydrogen) atoms. The number of esters is 1. The second-order valence-corrected chi connectivity index (χ2v) is 9.59. The Kier molecular flexibility index (Phi) is 7.82. The fraction of sp³-hybridized carbons (Fsp3) is 0.450. The second kappa shape index (κ2) is 10.4. The van der Waals surface area contributed by atoms with Crippen molar-refractivity contribution >= 4 is 38.4 Å². The quantitative estimate of drug-likeness (QED) is 0.523. The summed E-state index contributed by atoms with van der Waals surface area (Å²) in [5, 5.41) is 2.23. The van der Waals surface area contributed by atoms with Gasteiger partial charge in [0.25, 0.3) is 0 Å². The van der Waals surface area contributed by atoms with Gasteiger partial charge >= 0.3 is 5.97 Å². The Labute approximate surface area is 190 Å². The average Bonchev–Trinajstić information content (AvgIpc) is 3.26. The highest BCUT2D eigenvalue weighted by Gasteiger charge is 2.30. The molecule has 10 nitrogen and oxygen atoms in total. The topological polar surface area (TPSA) is 115 Å². The molecule has 0 radical (unpaired) electrons. The van der Waals surface area contributed by atoms with Crippen molar-refractivity contribution in [3.05, 3.63) is 34.8 Å². The van der Waals surface area contributed by atoms with Crippen LogP contribution in [0.15, 0.2) is 28.5 Å². The Balaban J connectivity index is 1.76. The molecule has 1 aliphatic heterocycles. The summed E-state index contributed by atoms with van der Waals surface area (Å²) in [4.78, 5) is 30.0. The molecule has 3 rings (SSSR count). The standard InChI is InChI=1S/C20H25N3O7S2/c1-4-23(14(2)24)20-21-16(13-31-20)12-30-19(25)15-5-6-17(28-3)18(11-15)32(26,27)22-7-9-29-10-8-22/h5-6,11,13H,4,7-10,12H2,1-3H3. The molecule has 2 heterocycles. The van der Waals surface area contributed by atoms with E-state index in [0.29, 0.717) is 30.6 Å². The molecule has 0 bridgehead atoms. The summed E-state index contributed by atoms with van der Waals surface area (Å²) in [6.07, 6.45) is 0. The van der Waals surface area contributed by atoms with Crippen molar-refractivity contribution in [2.45, 2.75) is 25.3 Å². The van der Waals surface area contributed by atoms with Crippen molar-refractivity contribution < 1.29 is 32.2 Å². The first-order valence-electron chi connectivity index (χ1n) is 9.93. The van der Waals surface area contributed by atoms with Crippen molar-refractivity contribution in [2.75, 3.05) is 44.9 Å². The molecule has 0 aliphatic carbocycles. The first kappa shape index (κ1) is 24.1. The van der Waals surface area contributed by atoms with Crippen LogP contribution in [0.1, 0.15) is 29.9 Å². The summed E-state index contributed by atoms with van der Waals surface area (Å²) in [5.74, 6) is -0.682. The monoisotopic (exact) mass is 483 g/mol. The van der Waals surface area contributed by atoms with Crippen LogP contribution in [0.5, 0.6) is 5.75 Å². The molecule has 0 atom stereocenters. The zero-order valence-electron chi connectivity index (χ0n) is 18.1. The largest absolute Gasteiger partial charge is 0.495 e. The van der Waals surface area contributed by atoms with E-state index in [1.165, 1.54) is 52.8 Å². The summed E-state index contributed by atoms with van der Waals surface area (Å²) in [6.45, 7) is 4.72. The third kappa shape index (κ3) is 5.26. The maximum atomic E-state index is 13.1. The number of carbonyl (C=O) groups excluding carboxylic acids is 2. The number of sulfonamides is 1. The van der Waals surface area contributed by atoms with Gasteiger partial charge in [-0.1, -0.05) is 0 Å². The van der Waals surface area contributed by atoms with Crippen LogP contribution in [0.4, 0.5) is 5.13 Å².